The summed E-state index contributed by atoms with van der Waals surface area (Å²) in [7, 11) is 6.04. The highest BCUT2D eigenvalue weighted by Crippen LogP contribution is 2.31. The Morgan fingerprint density at radius 1 is 1.27 bits per heavy atom. The molecule has 0 radical (unpaired) electrons. The molecule has 1 saturated heterocycles. The van der Waals surface area contributed by atoms with Gasteiger partial charge in [0, 0.05) is 37.4 Å². The lowest BCUT2D eigenvalue weighted by molar-refractivity contribution is 0.257. The molecule has 1 aliphatic heterocycles. The summed E-state index contributed by atoms with van der Waals surface area (Å²) in [4.78, 5) is 12.3. The highest BCUT2D eigenvalue weighted by Gasteiger charge is 2.35. The molecule has 5 heteroatoms. The number of nitrogens with zero attached hydrogens (tertiary/aromatic N) is 3. The van der Waals surface area contributed by atoms with Crippen molar-refractivity contribution in [3.05, 3.63) is 48.0 Å². The van der Waals surface area contributed by atoms with E-state index in [-0.39, 0.29) is 0 Å². The van der Waals surface area contributed by atoms with Crippen LogP contribution in [0.4, 0.5) is 0 Å². The monoisotopic (exact) mass is 300 g/mol. The molecule has 2 heterocycles. The third-order valence-corrected chi connectivity index (χ3v) is 4.50. The molecule has 3 rings (SSSR count). The van der Waals surface area contributed by atoms with Crippen LogP contribution in [-0.4, -0.2) is 60.1 Å². The van der Waals surface area contributed by atoms with Gasteiger partial charge in [0.25, 0.3) is 0 Å². The zero-order valence-corrected chi connectivity index (χ0v) is 13.5. The number of benzene rings is 1. The van der Waals surface area contributed by atoms with Gasteiger partial charge in [-0.05, 0) is 31.8 Å². The van der Waals surface area contributed by atoms with Crippen LogP contribution in [0.5, 0.6) is 5.75 Å². The predicted molar refractivity (Wildman–Crippen MR) is 87.1 cm³/mol. The topological polar surface area (TPSA) is 44.4 Å². The van der Waals surface area contributed by atoms with Crippen LogP contribution in [0.1, 0.15) is 17.3 Å². The number of aromatic nitrogens is 2. The highest BCUT2D eigenvalue weighted by molar-refractivity contribution is 5.31. The fourth-order valence-corrected chi connectivity index (χ4v) is 3.29. The van der Waals surface area contributed by atoms with Crippen LogP contribution >= 0.6 is 0 Å². The number of hydrogen-bond donors (Lipinski definition) is 1. The maximum absolute atomic E-state index is 5.26. The molecule has 0 aliphatic carbocycles. The SMILES string of the molecule is COc1ccc([C@@H]2CN(Cc3ncc[nH]3)C[C@H]2N(C)C)cc1. The molecule has 2 atom stereocenters. The quantitative estimate of drug-likeness (QED) is 0.916. The first-order valence-electron chi connectivity index (χ1n) is 7.68. The van der Waals surface area contributed by atoms with E-state index >= 15 is 0 Å². The molecule has 1 N–H and O–H groups in total. The number of nitrogens with one attached hydrogen (secondary N) is 1. The van der Waals surface area contributed by atoms with Crippen LogP contribution in [0, 0.1) is 0 Å². The van der Waals surface area contributed by atoms with Crippen LogP contribution in [0.3, 0.4) is 0 Å². The summed E-state index contributed by atoms with van der Waals surface area (Å²) in [5, 5.41) is 0. The van der Waals surface area contributed by atoms with Crippen LogP contribution in [0.2, 0.25) is 0 Å². The predicted octanol–water partition coefficient (Wildman–Crippen LogP) is 1.95. The molecular weight excluding hydrogens is 276 g/mol. The van der Waals surface area contributed by atoms with Crippen LogP contribution < -0.4 is 4.74 Å². The number of hydrogen-bond acceptors (Lipinski definition) is 4. The Labute approximate surface area is 131 Å². The molecule has 22 heavy (non-hydrogen) atoms. The van der Waals surface area contributed by atoms with E-state index < -0.39 is 0 Å². The lowest BCUT2D eigenvalue weighted by Gasteiger charge is -2.25. The van der Waals surface area contributed by atoms with Gasteiger partial charge in [-0.15, -0.1) is 0 Å². The molecule has 0 unspecified atom stereocenters. The molecule has 1 fully saturated rings. The van der Waals surface area contributed by atoms with Gasteiger partial charge >= 0.3 is 0 Å². The van der Waals surface area contributed by atoms with E-state index in [1.807, 2.05) is 12.4 Å². The zero-order valence-electron chi connectivity index (χ0n) is 13.5. The molecule has 1 aromatic heterocycles. The van der Waals surface area contributed by atoms with Crippen molar-refractivity contribution in [3.8, 4) is 5.75 Å². The van der Waals surface area contributed by atoms with Crippen LogP contribution in [0.15, 0.2) is 36.7 Å². The summed E-state index contributed by atoms with van der Waals surface area (Å²) in [6, 6.07) is 9.00. The smallest absolute Gasteiger partial charge is 0.120 e. The van der Waals surface area contributed by atoms with Gasteiger partial charge < -0.3 is 14.6 Å². The number of methoxy groups -OCH3 is 1. The number of likely N-dealkylation sites (N-methyl/N-ethyl adjacent to an activating group) is 1. The number of imidazole rings is 1. The average Bonchev–Trinajstić information content (AvgIpc) is 3.17. The summed E-state index contributed by atoms with van der Waals surface area (Å²) in [6.45, 7) is 2.99. The molecule has 0 spiro atoms. The van der Waals surface area contributed by atoms with Gasteiger partial charge in [-0.1, -0.05) is 12.1 Å². The van der Waals surface area contributed by atoms with Crippen molar-refractivity contribution >= 4 is 0 Å². The molecule has 0 amide bonds. The van der Waals surface area contributed by atoms with Gasteiger partial charge in [0.05, 0.1) is 13.7 Å². The third-order valence-electron chi connectivity index (χ3n) is 4.50. The van der Waals surface area contributed by atoms with E-state index in [1.165, 1.54) is 5.56 Å². The van der Waals surface area contributed by atoms with Crippen molar-refractivity contribution in [3.63, 3.8) is 0 Å². The molecule has 5 nitrogen and oxygen atoms in total. The first-order chi connectivity index (χ1) is 10.7. The Morgan fingerprint density at radius 3 is 2.64 bits per heavy atom. The third kappa shape index (κ3) is 3.15. The molecular formula is C17H24N4O. The average molecular weight is 300 g/mol. The maximum atomic E-state index is 5.26. The molecule has 0 bridgehead atoms. The second kappa shape index (κ2) is 6.50. The first-order valence-corrected chi connectivity index (χ1v) is 7.68. The normalized spacial score (nSPS) is 22.4. The summed E-state index contributed by atoms with van der Waals surface area (Å²) < 4.78 is 5.26. The van der Waals surface area contributed by atoms with Crippen molar-refractivity contribution in [2.24, 2.45) is 0 Å². The van der Waals surface area contributed by atoms with E-state index in [1.54, 1.807) is 7.11 Å². The van der Waals surface area contributed by atoms with Crippen molar-refractivity contribution < 1.29 is 4.74 Å². The summed E-state index contributed by atoms with van der Waals surface area (Å²) in [6.07, 6.45) is 3.70. The van der Waals surface area contributed by atoms with E-state index in [2.05, 4.69) is 58.1 Å². The highest BCUT2D eigenvalue weighted by atomic mass is 16.5. The lowest BCUT2D eigenvalue weighted by atomic mass is 9.93. The van der Waals surface area contributed by atoms with Gasteiger partial charge in [-0.25, -0.2) is 4.98 Å². The Bertz CT molecular complexity index is 579. The summed E-state index contributed by atoms with van der Waals surface area (Å²) in [5.41, 5.74) is 1.38. The minimum absolute atomic E-state index is 0.510. The Hall–Kier alpha value is -1.85. The number of rotatable bonds is 5. The van der Waals surface area contributed by atoms with E-state index in [0.717, 1.165) is 31.2 Å². The maximum Gasteiger partial charge on any atom is 0.120 e. The van der Waals surface area contributed by atoms with E-state index in [0.29, 0.717) is 12.0 Å². The van der Waals surface area contributed by atoms with Crippen molar-refractivity contribution in [2.75, 3.05) is 34.3 Å². The standard InChI is InChI=1S/C17H24N4O/c1-20(2)16-11-21(12-17-18-8-9-19-17)10-15(16)13-4-6-14(22-3)7-5-13/h4-9,15-16H,10-12H2,1-3H3,(H,18,19)/t15-,16+/m0/s1. The minimum atomic E-state index is 0.510. The van der Waals surface area contributed by atoms with Crippen LogP contribution in [-0.2, 0) is 6.54 Å². The van der Waals surface area contributed by atoms with Crippen molar-refractivity contribution in [1.29, 1.82) is 0 Å². The van der Waals surface area contributed by atoms with Crippen molar-refractivity contribution in [1.82, 2.24) is 19.8 Å². The lowest BCUT2D eigenvalue weighted by Crippen LogP contribution is -2.34. The molecule has 2 aromatic rings. The Kier molecular flexibility index (Phi) is 4.45. The largest absolute Gasteiger partial charge is 0.497 e. The van der Waals surface area contributed by atoms with Gasteiger partial charge in [-0.2, -0.15) is 0 Å². The number of likely N-dealkylation sites (tertiary alicyclic amines) is 1. The first kappa shape index (κ1) is 15.1. The second-order valence-electron chi connectivity index (χ2n) is 6.14. The fraction of sp³-hybridized carbons (Fsp3) is 0.471. The Balaban J connectivity index is 1.75. The molecule has 0 saturated carbocycles. The van der Waals surface area contributed by atoms with Gasteiger partial charge in [0.2, 0.25) is 0 Å². The Morgan fingerprint density at radius 2 is 2.05 bits per heavy atom. The fourth-order valence-electron chi connectivity index (χ4n) is 3.29. The van der Waals surface area contributed by atoms with Gasteiger partial charge in [0.1, 0.15) is 11.6 Å². The van der Waals surface area contributed by atoms with Gasteiger partial charge in [-0.3, -0.25) is 4.90 Å². The zero-order chi connectivity index (χ0) is 15.5. The van der Waals surface area contributed by atoms with Gasteiger partial charge in [0.15, 0.2) is 0 Å². The van der Waals surface area contributed by atoms with Crippen LogP contribution in [0.25, 0.3) is 0 Å². The molecule has 118 valence electrons. The molecule has 1 aromatic carbocycles. The van der Waals surface area contributed by atoms with E-state index in [4.69, 9.17) is 4.74 Å². The number of ether oxygens (including phenoxy) is 1. The van der Waals surface area contributed by atoms with E-state index in [9.17, 15) is 0 Å². The minimum Gasteiger partial charge on any atom is -0.497 e. The molecule has 1 aliphatic rings. The summed E-state index contributed by atoms with van der Waals surface area (Å²) in [5.74, 6) is 2.46. The van der Waals surface area contributed by atoms with Crippen molar-refractivity contribution in [2.45, 2.75) is 18.5 Å². The second-order valence-corrected chi connectivity index (χ2v) is 6.14. The number of H-pyrrole nitrogens is 1. The number of aromatic amines is 1. The summed E-state index contributed by atoms with van der Waals surface area (Å²) >= 11 is 0.